The van der Waals surface area contributed by atoms with Gasteiger partial charge in [0.1, 0.15) is 5.75 Å². The highest BCUT2D eigenvalue weighted by atomic mass is 35.5. The van der Waals surface area contributed by atoms with Gasteiger partial charge in [0.2, 0.25) is 10.0 Å². The predicted molar refractivity (Wildman–Crippen MR) is 132 cm³/mol. The first kappa shape index (κ1) is 24.8. The van der Waals surface area contributed by atoms with E-state index in [1.54, 1.807) is 24.3 Å². The fraction of sp³-hybridized carbons (Fsp3) is 0.240. The third-order valence-corrected chi connectivity index (χ3v) is 6.78. The molecule has 0 saturated heterocycles. The molecular weight excluding hydrogens is 460 g/mol. The van der Waals surface area contributed by atoms with Crippen LogP contribution in [0.5, 0.6) is 5.75 Å². The summed E-state index contributed by atoms with van der Waals surface area (Å²) in [6, 6.07) is 20.5. The lowest BCUT2D eigenvalue weighted by Gasteiger charge is -2.17. The molecule has 0 unspecified atom stereocenters. The molecule has 0 heterocycles. The molecule has 0 radical (unpaired) electrons. The number of carbonyl (C=O) groups is 1. The van der Waals surface area contributed by atoms with Gasteiger partial charge in [-0.3, -0.25) is 4.79 Å². The number of aryl methyl sites for hydroxylation is 1. The molecule has 0 saturated carbocycles. The fourth-order valence-corrected chi connectivity index (χ4v) is 4.79. The molecule has 6 nitrogen and oxygen atoms in total. The Hall–Kier alpha value is -2.87. The van der Waals surface area contributed by atoms with Crippen molar-refractivity contribution in [1.82, 2.24) is 4.72 Å². The second-order valence-corrected chi connectivity index (χ2v) is 9.75. The summed E-state index contributed by atoms with van der Waals surface area (Å²) < 4.78 is 34.3. The number of hydrogen-bond donors (Lipinski definition) is 2. The Bertz CT molecular complexity index is 1200. The molecule has 2 N–H and O–H groups in total. The molecule has 3 rings (SSSR count). The average molecular weight is 487 g/mol. The normalized spacial score (nSPS) is 12.2. The highest BCUT2D eigenvalue weighted by molar-refractivity contribution is 7.89. The number of benzene rings is 3. The topological polar surface area (TPSA) is 84.5 Å². The Balaban J connectivity index is 1.76. The molecule has 1 atom stereocenters. The van der Waals surface area contributed by atoms with Crippen LogP contribution in [0.25, 0.3) is 0 Å². The van der Waals surface area contributed by atoms with Crippen molar-refractivity contribution < 1.29 is 17.9 Å². The Morgan fingerprint density at radius 3 is 2.48 bits per heavy atom. The number of ether oxygens (including phenoxy) is 1. The van der Waals surface area contributed by atoms with Crippen LogP contribution in [0.4, 0.5) is 5.69 Å². The van der Waals surface area contributed by atoms with E-state index in [-0.39, 0.29) is 16.6 Å². The van der Waals surface area contributed by atoms with Gasteiger partial charge in [0, 0.05) is 16.6 Å². The minimum atomic E-state index is -3.80. The van der Waals surface area contributed by atoms with Crippen LogP contribution in [-0.2, 0) is 16.4 Å². The summed E-state index contributed by atoms with van der Waals surface area (Å²) in [5, 5.41) is 3.16. The second-order valence-electron chi connectivity index (χ2n) is 7.60. The molecule has 0 aliphatic rings. The van der Waals surface area contributed by atoms with Crippen molar-refractivity contribution in [1.29, 1.82) is 0 Å². The summed E-state index contributed by atoms with van der Waals surface area (Å²) in [5.74, 6) is -0.0406. The van der Waals surface area contributed by atoms with Crippen LogP contribution in [0.15, 0.2) is 77.7 Å². The summed E-state index contributed by atoms with van der Waals surface area (Å²) in [5.41, 5.74) is 1.77. The first-order chi connectivity index (χ1) is 15.8. The number of rotatable bonds is 10. The molecule has 33 heavy (non-hydrogen) atoms. The Kier molecular flexibility index (Phi) is 8.49. The van der Waals surface area contributed by atoms with Gasteiger partial charge >= 0.3 is 0 Å². The van der Waals surface area contributed by atoms with Crippen molar-refractivity contribution in [2.75, 3.05) is 11.9 Å². The summed E-state index contributed by atoms with van der Waals surface area (Å²) in [6.45, 7) is 4.00. The van der Waals surface area contributed by atoms with Crippen LogP contribution in [0.3, 0.4) is 0 Å². The van der Waals surface area contributed by atoms with E-state index in [1.807, 2.05) is 44.2 Å². The summed E-state index contributed by atoms with van der Waals surface area (Å²) in [6.07, 6.45) is 1.41. The van der Waals surface area contributed by atoms with Crippen molar-refractivity contribution in [3.05, 3.63) is 88.9 Å². The number of amides is 1. The van der Waals surface area contributed by atoms with Crippen molar-refractivity contribution in [2.45, 2.75) is 37.6 Å². The van der Waals surface area contributed by atoms with E-state index in [9.17, 15) is 13.2 Å². The zero-order chi connectivity index (χ0) is 23.8. The number of halogens is 1. The number of carbonyl (C=O) groups excluding carboxylic acids is 1. The fourth-order valence-electron chi connectivity index (χ4n) is 3.30. The van der Waals surface area contributed by atoms with Gasteiger partial charge in [-0.25, -0.2) is 13.1 Å². The Morgan fingerprint density at radius 2 is 1.79 bits per heavy atom. The molecule has 174 valence electrons. The summed E-state index contributed by atoms with van der Waals surface area (Å²) in [4.78, 5) is 12.7. The molecule has 0 spiro atoms. The molecule has 8 heteroatoms. The standard InChI is InChI=1S/C25H27ClN2O4S/c1-3-32-24-15-14-22(17-23(24)27-25(29)20-10-7-11-21(26)16-20)33(30,31)28-18(2)12-13-19-8-5-4-6-9-19/h4-11,14-18,28H,3,12-13H2,1-2H3,(H,27,29)/t18-/m0/s1. The Labute approximate surface area is 200 Å². The maximum Gasteiger partial charge on any atom is 0.255 e. The van der Waals surface area contributed by atoms with Gasteiger partial charge in [-0.1, -0.05) is 48.0 Å². The Morgan fingerprint density at radius 1 is 1.03 bits per heavy atom. The molecule has 3 aromatic rings. The van der Waals surface area contributed by atoms with Crippen LogP contribution in [0.2, 0.25) is 5.02 Å². The van der Waals surface area contributed by atoms with E-state index in [1.165, 1.54) is 18.2 Å². The molecule has 0 aromatic heterocycles. The molecule has 0 aliphatic heterocycles. The largest absolute Gasteiger partial charge is 0.492 e. The maximum atomic E-state index is 13.0. The first-order valence-corrected chi connectivity index (χ1v) is 12.5. The van der Waals surface area contributed by atoms with Gasteiger partial charge in [0.25, 0.3) is 5.91 Å². The quantitative estimate of drug-likeness (QED) is 0.407. The van der Waals surface area contributed by atoms with E-state index in [0.29, 0.717) is 29.4 Å². The van der Waals surface area contributed by atoms with E-state index in [2.05, 4.69) is 10.0 Å². The molecule has 3 aromatic carbocycles. The number of anilines is 1. The van der Waals surface area contributed by atoms with Gasteiger partial charge in [-0.2, -0.15) is 0 Å². The highest BCUT2D eigenvalue weighted by Crippen LogP contribution is 2.29. The number of sulfonamides is 1. The van der Waals surface area contributed by atoms with Crippen LogP contribution >= 0.6 is 11.6 Å². The van der Waals surface area contributed by atoms with E-state index < -0.39 is 15.9 Å². The zero-order valence-corrected chi connectivity index (χ0v) is 20.1. The highest BCUT2D eigenvalue weighted by Gasteiger charge is 2.20. The van der Waals surface area contributed by atoms with Crippen LogP contribution in [0.1, 0.15) is 36.2 Å². The van der Waals surface area contributed by atoms with E-state index >= 15 is 0 Å². The summed E-state index contributed by atoms with van der Waals surface area (Å²) >= 11 is 5.98. The van der Waals surface area contributed by atoms with E-state index in [4.69, 9.17) is 16.3 Å². The summed E-state index contributed by atoms with van der Waals surface area (Å²) in [7, 11) is -3.80. The maximum absolute atomic E-state index is 13.0. The second kappa shape index (κ2) is 11.3. The van der Waals surface area contributed by atoms with Crippen LogP contribution < -0.4 is 14.8 Å². The van der Waals surface area contributed by atoms with Gasteiger partial charge in [-0.15, -0.1) is 0 Å². The van der Waals surface area contributed by atoms with Crippen molar-refractivity contribution in [3.8, 4) is 5.75 Å². The number of hydrogen-bond acceptors (Lipinski definition) is 4. The van der Waals surface area contributed by atoms with E-state index in [0.717, 1.165) is 12.0 Å². The van der Waals surface area contributed by atoms with Crippen molar-refractivity contribution in [2.24, 2.45) is 0 Å². The lowest BCUT2D eigenvalue weighted by molar-refractivity contribution is 0.102. The smallest absolute Gasteiger partial charge is 0.255 e. The minimum absolute atomic E-state index is 0.0407. The minimum Gasteiger partial charge on any atom is -0.492 e. The lowest BCUT2D eigenvalue weighted by Crippen LogP contribution is -2.33. The first-order valence-electron chi connectivity index (χ1n) is 10.7. The van der Waals surface area contributed by atoms with Gasteiger partial charge in [-0.05, 0) is 68.7 Å². The van der Waals surface area contributed by atoms with Crippen LogP contribution in [0, 0.1) is 0 Å². The van der Waals surface area contributed by atoms with Crippen molar-refractivity contribution in [3.63, 3.8) is 0 Å². The molecule has 0 bridgehead atoms. The van der Waals surface area contributed by atoms with Crippen molar-refractivity contribution >= 4 is 33.2 Å². The van der Waals surface area contributed by atoms with Gasteiger partial charge in [0.15, 0.2) is 0 Å². The monoisotopic (exact) mass is 486 g/mol. The molecule has 0 aliphatic carbocycles. The van der Waals surface area contributed by atoms with Crippen LogP contribution in [-0.4, -0.2) is 27.0 Å². The predicted octanol–water partition coefficient (Wildman–Crippen LogP) is 5.29. The third kappa shape index (κ3) is 7.05. The average Bonchev–Trinajstić information content (AvgIpc) is 2.79. The van der Waals surface area contributed by atoms with Gasteiger partial charge in [0.05, 0.1) is 17.2 Å². The lowest BCUT2D eigenvalue weighted by atomic mass is 10.1. The van der Waals surface area contributed by atoms with Gasteiger partial charge < -0.3 is 10.1 Å². The SMILES string of the molecule is CCOc1ccc(S(=O)(=O)N[C@@H](C)CCc2ccccc2)cc1NC(=O)c1cccc(Cl)c1. The zero-order valence-electron chi connectivity index (χ0n) is 18.5. The number of nitrogens with one attached hydrogen (secondary N) is 2. The molecular formula is C25H27ClN2O4S. The third-order valence-electron chi connectivity index (χ3n) is 4.96. The molecule has 0 fully saturated rings. The molecule has 1 amide bonds.